The molecule has 5 heteroatoms. The first-order valence-electron chi connectivity index (χ1n) is 13.8. The molecule has 0 aliphatic carbocycles. The second-order valence-electron chi connectivity index (χ2n) is 11.0. The number of imidazole rings is 4. The number of nitrogens with zero attached hydrogens (tertiary/aromatic N) is 5. The number of para-hydroxylation sites is 4. The molecule has 9 aromatic rings. The Kier molecular flexibility index (Phi) is 4.19. The molecule has 4 heterocycles. The Balaban J connectivity index is 1.47. The van der Waals surface area contributed by atoms with Crippen molar-refractivity contribution in [1.29, 1.82) is 0 Å². The average Bonchev–Trinajstić information content (AvgIpc) is 3.72. The lowest BCUT2D eigenvalue weighted by Gasteiger charge is -2.16. The van der Waals surface area contributed by atoms with Gasteiger partial charge in [-0.25, -0.2) is 14.4 Å². The van der Waals surface area contributed by atoms with Gasteiger partial charge in [0, 0.05) is 0 Å². The van der Waals surface area contributed by atoms with E-state index in [-0.39, 0.29) is 0 Å². The molecule has 0 aliphatic heterocycles. The van der Waals surface area contributed by atoms with Gasteiger partial charge in [-0.15, -0.1) is 0 Å². The molecular weight excluding hydrogens is 490 g/mol. The van der Waals surface area contributed by atoms with Crippen LogP contribution in [0.15, 0.2) is 109 Å². The van der Waals surface area contributed by atoms with E-state index in [0.29, 0.717) is 5.92 Å². The molecule has 0 radical (unpaired) electrons. The zero-order valence-corrected chi connectivity index (χ0v) is 22.2. The highest BCUT2D eigenvalue weighted by molar-refractivity contribution is 6.06. The van der Waals surface area contributed by atoms with Crippen LogP contribution in [0, 0.1) is 0 Å². The fourth-order valence-corrected chi connectivity index (χ4v) is 6.54. The SMILES string of the molecule is CC(C)c1ccc(-c2ccccc2)cc1-c1cc2c3c(c1)n1c4ccccc4nc1n3c1nc3ccccc3n21. The molecule has 0 spiro atoms. The van der Waals surface area contributed by atoms with Crippen LogP contribution in [0.4, 0.5) is 0 Å². The summed E-state index contributed by atoms with van der Waals surface area (Å²) in [5, 5.41) is 0. The monoisotopic (exact) mass is 515 g/mol. The van der Waals surface area contributed by atoms with Gasteiger partial charge in [-0.05, 0) is 76.2 Å². The van der Waals surface area contributed by atoms with Crippen molar-refractivity contribution in [3.05, 3.63) is 115 Å². The summed E-state index contributed by atoms with van der Waals surface area (Å²) in [6.45, 7) is 4.55. The maximum Gasteiger partial charge on any atom is 0.223 e. The summed E-state index contributed by atoms with van der Waals surface area (Å²) >= 11 is 0. The molecule has 0 amide bonds. The molecule has 0 fully saturated rings. The summed E-state index contributed by atoms with van der Waals surface area (Å²) in [6.07, 6.45) is 0. The predicted octanol–water partition coefficient (Wildman–Crippen LogP) is 8.59. The molecule has 0 atom stereocenters. The van der Waals surface area contributed by atoms with Crippen LogP contribution in [0.5, 0.6) is 0 Å². The molecule has 0 N–H and O–H groups in total. The third kappa shape index (κ3) is 2.76. The fourth-order valence-electron chi connectivity index (χ4n) is 6.54. The van der Waals surface area contributed by atoms with Crippen LogP contribution in [0.2, 0.25) is 0 Å². The van der Waals surface area contributed by atoms with Gasteiger partial charge < -0.3 is 0 Å². The van der Waals surface area contributed by atoms with Crippen molar-refractivity contribution >= 4 is 50.2 Å². The molecule has 0 aliphatic rings. The summed E-state index contributed by atoms with van der Waals surface area (Å²) < 4.78 is 6.84. The highest BCUT2D eigenvalue weighted by Gasteiger charge is 2.25. The summed E-state index contributed by atoms with van der Waals surface area (Å²) in [7, 11) is 0. The molecule has 0 saturated carbocycles. The van der Waals surface area contributed by atoms with Gasteiger partial charge in [-0.1, -0.05) is 80.6 Å². The van der Waals surface area contributed by atoms with Crippen LogP contribution in [0.25, 0.3) is 72.4 Å². The van der Waals surface area contributed by atoms with E-state index < -0.39 is 0 Å². The molecular formula is C35H25N5. The second kappa shape index (κ2) is 7.70. The van der Waals surface area contributed by atoms with E-state index in [4.69, 9.17) is 9.97 Å². The summed E-state index contributed by atoms with van der Waals surface area (Å²) in [5.41, 5.74) is 13.9. The Morgan fingerprint density at radius 2 is 1.07 bits per heavy atom. The molecule has 0 saturated heterocycles. The Hall–Kier alpha value is -5.16. The van der Waals surface area contributed by atoms with E-state index >= 15 is 0 Å². The number of rotatable bonds is 3. The van der Waals surface area contributed by atoms with E-state index in [1.54, 1.807) is 0 Å². The normalized spacial score (nSPS) is 12.5. The first-order valence-corrected chi connectivity index (χ1v) is 13.8. The summed E-state index contributed by atoms with van der Waals surface area (Å²) in [5.74, 6) is 2.17. The van der Waals surface area contributed by atoms with E-state index in [1.165, 1.54) is 27.8 Å². The standard InChI is InChI=1S/C35H25N5/c1-21(2)25-17-16-23(22-10-4-3-5-11-22)18-26(25)24-19-31-33-32(20-24)39-30-15-9-7-13-28(30)37-35(39)40(33)34-36-27-12-6-8-14-29(27)38(31)34/h3-21H,1-2H3. The number of hydrogen-bond donors (Lipinski definition) is 0. The van der Waals surface area contributed by atoms with Crippen molar-refractivity contribution in [1.82, 2.24) is 23.2 Å². The molecule has 5 aromatic carbocycles. The molecule has 4 aromatic heterocycles. The molecule has 190 valence electrons. The Bertz CT molecular complexity index is 2280. The lowest BCUT2D eigenvalue weighted by molar-refractivity contribution is 0.869. The van der Waals surface area contributed by atoms with Crippen LogP contribution in [0.1, 0.15) is 25.3 Å². The lowest BCUT2D eigenvalue weighted by atomic mass is 9.89. The van der Waals surface area contributed by atoms with Crippen molar-refractivity contribution in [3.63, 3.8) is 0 Å². The van der Waals surface area contributed by atoms with Gasteiger partial charge in [0.05, 0.1) is 33.1 Å². The highest BCUT2D eigenvalue weighted by atomic mass is 15.3. The van der Waals surface area contributed by atoms with Crippen molar-refractivity contribution in [2.75, 3.05) is 0 Å². The Morgan fingerprint density at radius 1 is 0.500 bits per heavy atom. The van der Waals surface area contributed by atoms with Crippen LogP contribution < -0.4 is 0 Å². The number of hydrogen-bond acceptors (Lipinski definition) is 2. The zero-order chi connectivity index (χ0) is 26.5. The van der Waals surface area contributed by atoms with Gasteiger partial charge in [-0.3, -0.25) is 8.80 Å². The molecule has 5 nitrogen and oxygen atoms in total. The van der Waals surface area contributed by atoms with Gasteiger partial charge in [0.25, 0.3) is 0 Å². The molecule has 0 unspecified atom stereocenters. The summed E-state index contributed by atoms with van der Waals surface area (Å²) in [6, 6.07) is 39.0. The minimum absolute atomic E-state index is 0.382. The van der Waals surface area contributed by atoms with E-state index in [9.17, 15) is 0 Å². The second-order valence-corrected chi connectivity index (χ2v) is 11.0. The van der Waals surface area contributed by atoms with Crippen molar-refractivity contribution in [2.45, 2.75) is 19.8 Å². The molecule has 40 heavy (non-hydrogen) atoms. The number of fused-ring (bicyclic) bond motifs is 10. The third-order valence-electron chi connectivity index (χ3n) is 8.35. The quantitative estimate of drug-likeness (QED) is 0.236. The maximum atomic E-state index is 5.10. The van der Waals surface area contributed by atoms with Gasteiger partial charge in [-0.2, -0.15) is 0 Å². The van der Waals surface area contributed by atoms with E-state index in [2.05, 4.69) is 136 Å². The van der Waals surface area contributed by atoms with Crippen LogP contribution in [-0.4, -0.2) is 23.2 Å². The highest BCUT2D eigenvalue weighted by Crippen LogP contribution is 2.40. The zero-order valence-electron chi connectivity index (χ0n) is 22.2. The maximum absolute atomic E-state index is 5.10. The van der Waals surface area contributed by atoms with Crippen LogP contribution in [0.3, 0.4) is 0 Å². The first-order chi connectivity index (χ1) is 19.7. The van der Waals surface area contributed by atoms with Gasteiger partial charge in [0.15, 0.2) is 0 Å². The Morgan fingerprint density at radius 3 is 1.68 bits per heavy atom. The van der Waals surface area contributed by atoms with Gasteiger partial charge in [0.2, 0.25) is 11.6 Å². The Labute approximate surface area is 229 Å². The van der Waals surface area contributed by atoms with Crippen LogP contribution in [-0.2, 0) is 0 Å². The lowest BCUT2D eigenvalue weighted by Crippen LogP contribution is -1.95. The average molecular weight is 516 g/mol. The van der Waals surface area contributed by atoms with Gasteiger partial charge >= 0.3 is 0 Å². The van der Waals surface area contributed by atoms with E-state index in [0.717, 1.165) is 50.2 Å². The minimum Gasteiger partial charge on any atom is -0.276 e. The third-order valence-corrected chi connectivity index (χ3v) is 8.35. The predicted molar refractivity (Wildman–Crippen MR) is 164 cm³/mol. The smallest absolute Gasteiger partial charge is 0.223 e. The minimum atomic E-state index is 0.382. The molecule has 0 bridgehead atoms. The van der Waals surface area contributed by atoms with Crippen molar-refractivity contribution in [2.24, 2.45) is 0 Å². The first kappa shape index (κ1) is 21.7. The number of benzene rings is 5. The largest absolute Gasteiger partial charge is 0.276 e. The summed E-state index contributed by atoms with van der Waals surface area (Å²) in [4.78, 5) is 10.2. The van der Waals surface area contributed by atoms with Gasteiger partial charge in [0.1, 0.15) is 5.52 Å². The van der Waals surface area contributed by atoms with E-state index in [1.807, 2.05) is 0 Å². The van der Waals surface area contributed by atoms with Crippen molar-refractivity contribution < 1.29 is 0 Å². The fraction of sp³-hybridized carbons (Fsp3) is 0.0857. The van der Waals surface area contributed by atoms with Crippen LogP contribution >= 0.6 is 0 Å². The molecule has 9 rings (SSSR count). The number of aromatic nitrogens is 5. The van der Waals surface area contributed by atoms with Crippen molar-refractivity contribution in [3.8, 4) is 22.3 Å². The topological polar surface area (TPSA) is 39.0 Å².